The van der Waals surface area contributed by atoms with Crippen LogP contribution in [-0.2, 0) is 17.8 Å². The Hall–Kier alpha value is -2.77. The molecule has 2 aromatic rings. The third-order valence-electron chi connectivity index (χ3n) is 5.31. The Labute approximate surface area is 178 Å². The fourth-order valence-electron chi connectivity index (χ4n) is 3.56. The highest BCUT2D eigenvalue weighted by Crippen LogP contribution is 2.29. The summed E-state index contributed by atoms with van der Waals surface area (Å²) in [5, 5.41) is 5.96. The number of hydrogen-bond donors (Lipinski definition) is 2. The molecule has 0 saturated carbocycles. The number of nitrogens with zero attached hydrogens (tertiary/aromatic N) is 1. The SMILES string of the molecule is COc1ccc(C(C)NC(=O)NCc2ccccc2CN2CCOCC2)c(OC)c1. The Morgan fingerprint density at radius 3 is 2.53 bits per heavy atom. The van der Waals surface area contributed by atoms with Crippen LogP contribution in [0.4, 0.5) is 4.79 Å². The maximum absolute atomic E-state index is 12.5. The van der Waals surface area contributed by atoms with Gasteiger partial charge in [-0.25, -0.2) is 4.79 Å². The number of carbonyl (C=O) groups excluding carboxylic acids is 1. The van der Waals surface area contributed by atoms with Gasteiger partial charge in [-0.2, -0.15) is 0 Å². The van der Waals surface area contributed by atoms with Crippen LogP contribution in [-0.4, -0.2) is 51.5 Å². The molecule has 0 radical (unpaired) electrons. The summed E-state index contributed by atoms with van der Waals surface area (Å²) >= 11 is 0. The fourth-order valence-corrected chi connectivity index (χ4v) is 3.56. The fraction of sp³-hybridized carbons (Fsp3) is 0.435. The molecule has 0 aliphatic carbocycles. The number of nitrogens with one attached hydrogen (secondary N) is 2. The molecule has 1 atom stereocenters. The highest BCUT2D eigenvalue weighted by Gasteiger charge is 2.16. The van der Waals surface area contributed by atoms with E-state index in [0.29, 0.717) is 18.0 Å². The third kappa shape index (κ3) is 5.87. The molecule has 1 saturated heterocycles. The minimum atomic E-state index is -0.221. The van der Waals surface area contributed by atoms with Gasteiger partial charge in [0.2, 0.25) is 0 Å². The van der Waals surface area contributed by atoms with Gasteiger partial charge in [0, 0.05) is 37.8 Å². The van der Waals surface area contributed by atoms with E-state index in [0.717, 1.165) is 44.0 Å². The topological polar surface area (TPSA) is 72.1 Å². The zero-order valence-electron chi connectivity index (χ0n) is 17.9. The predicted molar refractivity (Wildman–Crippen MR) is 116 cm³/mol. The van der Waals surface area contributed by atoms with Gasteiger partial charge in [0.15, 0.2) is 0 Å². The Morgan fingerprint density at radius 1 is 1.10 bits per heavy atom. The third-order valence-corrected chi connectivity index (χ3v) is 5.31. The van der Waals surface area contributed by atoms with Crippen molar-refractivity contribution in [1.82, 2.24) is 15.5 Å². The van der Waals surface area contributed by atoms with E-state index in [1.165, 1.54) is 5.56 Å². The zero-order chi connectivity index (χ0) is 21.3. The molecule has 0 aromatic heterocycles. The lowest BCUT2D eigenvalue weighted by atomic mass is 10.1. The van der Waals surface area contributed by atoms with Crippen molar-refractivity contribution < 1.29 is 19.0 Å². The maximum Gasteiger partial charge on any atom is 0.315 e. The lowest BCUT2D eigenvalue weighted by molar-refractivity contribution is 0.0341. The molecule has 7 nitrogen and oxygen atoms in total. The van der Waals surface area contributed by atoms with Crippen molar-refractivity contribution in [2.45, 2.75) is 26.1 Å². The van der Waals surface area contributed by atoms with E-state index in [1.807, 2.05) is 37.3 Å². The molecule has 1 aliphatic heterocycles. The van der Waals surface area contributed by atoms with Crippen LogP contribution >= 0.6 is 0 Å². The average Bonchev–Trinajstić information content (AvgIpc) is 2.78. The number of amides is 2. The van der Waals surface area contributed by atoms with E-state index < -0.39 is 0 Å². The van der Waals surface area contributed by atoms with Crippen molar-refractivity contribution in [2.75, 3.05) is 40.5 Å². The molecule has 0 spiro atoms. The molecular weight excluding hydrogens is 382 g/mol. The van der Waals surface area contributed by atoms with Crippen molar-refractivity contribution in [2.24, 2.45) is 0 Å². The lowest BCUT2D eigenvalue weighted by Crippen LogP contribution is -2.38. The number of benzene rings is 2. The number of hydrogen-bond acceptors (Lipinski definition) is 5. The van der Waals surface area contributed by atoms with Gasteiger partial charge in [-0.3, -0.25) is 4.90 Å². The van der Waals surface area contributed by atoms with Crippen LogP contribution in [0.15, 0.2) is 42.5 Å². The van der Waals surface area contributed by atoms with E-state index >= 15 is 0 Å². The molecule has 7 heteroatoms. The van der Waals surface area contributed by atoms with Gasteiger partial charge in [-0.15, -0.1) is 0 Å². The van der Waals surface area contributed by atoms with Crippen LogP contribution in [0.2, 0.25) is 0 Å². The second-order valence-corrected chi connectivity index (χ2v) is 7.31. The smallest absolute Gasteiger partial charge is 0.315 e. The summed E-state index contributed by atoms with van der Waals surface area (Å²) in [5.41, 5.74) is 3.24. The van der Waals surface area contributed by atoms with Crippen LogP contribution in [0.25, 0.3) is 0 Å². The molecule has 0 bridgehead atoms. The van der Waals surface area contributed by atoms with Crippen LogP contribution in [0.5, 0.6) is 11.5 Å². The minimum Gasteiger partial charge on any atom is -0.497 e. The monoisotopic (exact) mass is 413 g/mol. The molecule has 1 heterocycles. The van der Waals surface area contributed by atoms with Gasteiger partial charge in [-0.1, -0.05) is 24.3 Å². The van der Waals surface area contributed by atoms with E-state index in [4.69, 9.17) is 14.2 Å². The largest absolute Gasteiger partial charge is 0.497 e. The zero-order valence-corrected chi connectivity index (χ0v) is 17.9. The molecule has 3 rings (SSSR count). The van der Waals surface area contributed by atoms with E-state index in [2.05, 4.69) is 27.7 Å². The number of rotatable bonds is 8. The predicted octanol–water partition coefficient (Wildman–Crippen LogP) is 3.10. The van der Waals surface area contributed by atoms with Crippen molar-refractivity contribution in [1.29, 1.82) is 0 Å². The molecule has 162 valence electrons. The first-order valence-electron chi connectivity index (χ1n) is 10.2. The average molecular weight is 414 g/mol. The summed E-state index contributed by atoms with van der Waals surface area (Å²) in [6.07, 6.45) is 0. The van der Waals surface area contributed by atoms with Crippen LogP contribution < -0.4 is 20.1 Å². The quantitative estimate of drug-likeness (QED) is 0.696. The van der Waals surface area contributed by atoms with Crippen LogP contribution in [0.1, 0.15) is 29.7 Å². The normalized spacial score (nSPS) is 15.3. The number of morpholine rings is 1. The lowest BCUT2D eigenvalue weighted by Gasteiger charge is -2.27. The van der Waals surface area contributed by atoms with E-state index in [1.54, 1.807) is 14.2 Å². The summed E-state index contributed by atoms with van der Waals surface area (Å²) < 4.78 is 16.1. The number of carbonyl (C=O) groups is 1. The molecule has 1 fully saturated rings. The first-order valence-corrected chi connectivity index (χ1v) is 10.2. The molecular formula is C23H31N3O4. The second kappa shape index (κ2) is 10.8. The molecule has 2 aromatic carbocycles. The number of ether oxygens (including phenoxy) is 3. The number of urea groups is 1. The van der Waals surface area contributed by atoms with Crippen molar-refractivity contribution >= 4 is 6.03 Å². The second-order valence-electron chi connectivity index (χ2n) is 7.31. The summed E-state index contributed by atoms with van der Waals surface area (Å²) in [6, 6.07) is 13.4. The van der Waals surface area contributed by atoms with Gasteiger partial charge in [0.1, 0.15) is 11.5 Å². The Morgan fingerprint density at radius 2 is 1.83 bits per heavy atom. The van der Waals surface area contributed by atoms with Crippen molar-refractivity contribution in [3.8, 4) is 11.5 Å². The van der Waals surface area contributed by atoms with Crippen molar-refractivity contribution in [3.63, 3.8) is 0 Å². The molecule has 2 N–H and O–H groups in total. The maximum atomic E-state index is 12.5. The first kappa shape index (κ1) is 21.9. The van der Waals surface area contributed by atoms with Gasteiger partial charge >= 0.3 is 6.03 Å². The number of methoxy groups -OCH3 is 2. The highest BCUT2D eigenvalue weighted by atomic mass is 16.5. The summed E-state index contributed by atoms with van der Waals surface area (Å²) in [7, 11) is 3.22. The van der Waals surface area contributed by atoms with Gasteiger partial charge in [0.25, 0.3) is 0 Å². The molecule has 1 aliphatic rings. The Bertz CT molecular complexity index is 837. The first-order chi connectivity index (χ1) is 14.6. The van der Waals surface area contributed by atoms with Gasteiger partial charge in [0.05, 0.1) is 33.5 Å². The Kier molecular flexibility index (Phi) is 7.93. The molecule has 30 heavy (non-hydrogen) atoms. The minimum absolute atomic E-state index is 0.213. The standard InChI is InChI=1S/C23H31N3O4/c1-17(21-9-8-20(28-2)14-22(21)29-3)25-23(27)24-15-18-6-4-5-7-19(18)16-26-10-12-30-13-11-26/h4-9,14,17H,10-13,15-16H2,1-3H3,(H2,24,25,27). The van der Waals surface area contributed by atoms with E-state index in [-0.39, 0.29) is 12.1 Å². The van der Waals surface area contributed by atoms with Gasteiger partial charge in [-0.05, 0) is 30.2 Å². The van der Waals surface area contributed by atoms with Gasteiger partial charge < -0.3 is 24.8 Å². The Balaban J connectivity index is 1.57. The van der Waals surface area contributed by atoms with Crippen LogP contribution in [0.3, 0.4) is 0 Å². The highest BCUT2D eigenvalue weighted by molar-refractivity contribution is 5.74. The summed E-state index contributed by atoms with van der Waals surface area (Å²) in [5.74, 6) is 1.39. The molecule has 1 unspecified atom stereocenters. The van der Waals surface area contributed by atoms with Crippen molar-refractivity contribution in [3.05, 3.63) is 59.2 Å². The summed E-state index contributed by atoms with van der Waals surface area (Å²) in [4.78, 5) is 14.9. The van der Waals surface area contributed by atoms with Crippen LogP contribution in [0, 0.1) is 0 Å². The van der Waals surface area contributed by atoms with E-state index in [9.17, 15) is 4.79 Å². The molecule has 2 amide bonds. The summed E-state index contributed by atoms with van der Waals surface area (Å²) in [6.45, 7) is 6.68.